The second-order valence-electron chi connectivity index (χ2n) is 8.99. The normalized spacial score (nSPS) is 17.9. The number of benzene rings is 2. The van der Waals surface area contributed by atoms with Crippen LogP contribution in [0.1, 0.15) is 39.6 Å². The summed E-state index contributed by atoms with van der Waals surface area (Å²) in [5.74, 6) is -0.235. The Hall–Kier alpha value is -4.19. The molecule has 0 bridgehead atoms. The van der Waals surface area contributed by atoms with Crippen LogP contribution in [0.5, 0.6) is 5.75 Å². The number of amides is 1. The molecule has 3 aromatic rings. The maximum atomic E-state index is 13.2. The number of nitrogens with one attached hydrogen (secondary N) is 1. The van der Waals surface area contributed by atoms with Crippen LogP contribution in [-0.2, 0) is 22.3 Å². The Morgan fingerprint density at radius 2 is 1.95 bits per heavy atom. The molecule has 0 aliphatic carbocycles. The molecule has 0 unspecified atom stereocenters. The molecule has 2 aromatic carbocycles. The fourth-order valence-corrected chi connectivity index (χ4v) is 4.48. The second kappa shape index (κ2) is 12.1. The first-order valence-electron chi connectivity index (χ1n) is 12.2. The summed E-state index contributed by atoms with van der Waals surface area (Å²) >= 11 is 0. The third-order valence-electron chi connectivity index (χ3n) is 6.46. The Morgan fingerprint density at radius 1 is 1.15 bits per heavy atom. The highest BCUT2D eigenvalue weighted by molar-refractivity contribution is 5.86. The Balaban J connectivity index is 1.49. The summed E-state index contributed by atoms with van der Waals surface area (Å²) in [4.78, 5) is 27.0. The van der Waals surface area contributed by atoms with E-state index in [4.69, 9.17) is 9.47 Å². The molecule has 39 heavy (non-hydrogen) atoms. The van der Waals surface area contributed by atoms with Gasteiger partial charge in [-0.05, 0) is 30.2 Å². The van der Waals surface area contributed by atoms with Crippen molar-refractivity contribution in [3.8, 4) is 5.75 Å². The van der Waals surface area contributed by atoms with E-state index in [1.54, 1.807) is 7.11 Å². The number of rotatable bonds is 9. The predicted molar refractivity (Wildman–Crippen MR) is 136 cm³/mol. The van der Waals surface area contributed by atoms with Crippen LogP contribution < -0.4 is 10.1 Å². The lowest BCUT2D eigenvalue weighted by Gasteiger charge is -2.22. The monoisotopic (exact) mass is 543 g/mol. The molecule has 4 rings (SSSR count). The zero-order valence-electron chi connectivity index (χ0n) is 21.4. The van der Waals surface area contributed by atoms with E-state index in [0.717, 1.165) is 17.7 Å². The first-order valence-corrected chi connectivity index (χ1v) is 12.2. The van der Waals surface area contributed by atoms with Gasteiger partial charge in [-0.2, -0.15) is 13.2 Å². The molecule has 2 heterocycles. The minimum Gasteiger partial charge on any atom is -0.496 e. The average molecular weight is 544 g/mol. The Bertz CT molecular complexity index is 1340. The molecule has 0 saturated carbocycles. The van der Waals surface area contributed by atoms with Gasteiger partial charge in [0.05, 0.1) is 38.1 Å². The molecular weight excluding hydrogens is 515 g/mol. The molecular formula is C27H28F3N5O4. The molecule has 1 N–H and O–H groups in total. The molecule has 2 atom stereocenters. The van der Waals surface area contributed by atoms with Crippen molar-refractivity contribution in [3.63, 3.8) is 0 Å². The van der Waals surface area contributed by atoms with Crippen molar-refractivity contribution in [1.29, 1.82) is 0 Å². The third-order valence-corrected chi connectivity index (χ3v) is 6.46. The second-order valence-corrected chi connectivity index (χ2v) is 8.99. The highest BCUT2D eigenvalue weighted by Crippen LogP contribution is 2.30. The van der Waals surface area contributed by atoms with Crippen molar-refractivity contribution in [2.75, 3.05) is 27.3 Å². The summed E-state index contributed by atoms with van der Waals surface area (Å²) in [6, 6.07) is 11.5. The van der Waals surface area contributed by atoms with Gasteiger partial charge in [0.1, 0.15) is 5.75 Å². The van der Waals surface area contributed by atoms with Gasteiger partial charge in [0, 0.05) is 25.2 Å². The summed E-state index contributed by atoms with van der Waals surface area (Å²) in [5.41, 5.74) is 0.498. The standard InChI is InChI=1S/C27H28F3N5O4/c1-38-24-11-4-3-8-19(24)9-6-12-34-16-21(35-17-22(32-33-35)26(37)39-2)14-23(34)25(36)31-15-18-7-5-10-20(13-18)27(28,29)30/h3-11,13,17,21,23H,12,14-16H2,1-2H3,(H,31,36)/t21-,23-/m0/s1. The Morgan fingerprint density at radius 3 is 2.69 bits per heavy atom. The van der Waals surface area contributed by atoms with Gasteiger partial charge < -0.3 is 14.8 Å². The minimum absolute atomic E-state index is 0.0510. The zero-order chi connectivity index (χ0) is 28.0. The molecule has 1 fully saturated rings. The highest BCUT2D eigenvalue weighted by Gasteiger charge is 2.38. The number of hydrogen-bond donors (Lipinski definition) is 1. The van der Waals surface area contributed by atoms with Gasteiger partial charge in [-0.3, -0.25) is 9.69 Å². The summed E-state index contributed by atoms with van der Waals surface area (Å²) in [6.45, 7) is 0.793. The van der Waals surface area contributed by atoms with Crippen LogP contribution >= 0.6 is 0 Å². The van der Waals surface area contributed by atoms with Crippen LogP contribution in [0, 0.1) is 0 Å². The number of likely N-dealkylation sites (tertiary alicyclic amines) is 1. The summed E-state index contributed by atoms with van der Waals surface area (Å²) in [5, 5.41) is 10.7. The number of aromatic nitrogens is 3. The molecule has 9 nitrogen and oxygen atoms in total. The number of alkyl halides is 3. The van der Waals surface area contributed by atoms with Gasteiger partial charge in [-0.25, -0.2) is 9.48 Å². The minimum atomic E-state index is -4.47. The van der Waals surface area contributed by atoms with Crippen LogP contribution in [0.15, 0.2) is 60.8 Å². The van der Waals surface area contributed by atoms with Gasteiger partial charge in [-0.1, -0.05) is 47.7 Å². The molecule has 206 valence electrons. The fourth-order valence-electron chi connectivity index (χ4n) is 4.48. The molecule has 1 aliphatic heterocycles. The molecule has 0 spiro atoms. The van der Waals surface area contributed by atoms with Crippen LogP contribution in [0.4, 0.5) is 13.2 Å². The lowest BCUT2D eigenvalue weighted by atomic mass is 10.1. The fraction of sp³-hybridized carbons (Fsp3) is 0.333. The van der Waals surface area contributed by atoms with Gasteiger partial charge in [0.25, 0.3) is 0 Å². The number of carbonyl (C=O) groups is 2. The van der Waals surface area contributed by atoms with E-state index in [1.807, 2.05) is 41.3 Å². The number of hydrogen-bond acceptors (Lipinski definition) is 7. The number of methoxy groups -OCH3 is 2. The molecule has 12 heteroatoms. The number of para-hydroxylation sites is 1. The summed E-state index contributed by atoms with van der Waals surface area (Å²) in [7, 11) is 2.83. The highest BCUT2D eigenvalue weighted by atomic mass is 19.4. The summed E-state index contributed by atoms with van der Waals surface area (Å²) < 4.78 is 50.8. The Kier molecular flexibility index (Phi) is 8.65. The van der Waals surface area contributed by atoms with Crippen LogP contribution in [0.2, 0.25) is 0 Å². The van der Waals surface area contributed by atoms with E-state index in [2.05, 4.69) is 15.6 Å². The maximum Gasteiger partial charge on any atom is 0.416 e. The molecule has 0 radical (unpaired) electrons. The lowest BCUT2D eigenvalue weighted by molar-refractivity contribution is -0.137. The number of carbonyl (C=O) groups excluding carboxylic acids is 2. The SMILES string of the molecule is COC(=O)c1cn([C@H]2C[C@@H](C(=O)NCc3cccc(C(F)(F)F)c3)N(CC=Cc3ccccc3OC)C2)nn1. The first-order chi connectivity index (χ1) is 18.7. The van der Waals surface area contributed by atoms with Crippen molar-refractivity contribution in [3.05, 3.63) is 83.2 Å². The van der Waals surface area contributed by atoms with E-state index in [9.17, 15) is 22.8 Å². The first kappa shape index (κ1) is 27.8. The van der Waals surface area contributed by atoms with Gasteiger partial charge in [0.15, 0.2) is 5.69 Å². The smallest absolute Gasteiger partial charge is 0.416 e. The summed E-state index contributed by atoms with van der Waals surface area (Å²) in [6.07, 6.45) is 1.18. The third kappa shape index (κ3) is 6.82. The average Bonchev–Trinajstić information content (AvgIpc) is 3.59. The number of halogens is 3. The molecule has 1 amide bonds. The van der Waals surface area contributed by atoms with Crippen LogP contribution in [0.3, 0.4) is 0 Å². The van der Waals surface area contributed by atoms with Crippen molar-refractivity contribution in [2.24, 2.45) is 0 Å². The zero-order valence-corrected chi connectivity index (χ0v) is 21.4. The van der Waals surface area contributed by atoms with Crippen LogP contribution in [0.25, 0.3) is 6.08 Å². The molecule has 1 saturated heterocycles. The van der Waals surface area contributed by atoms with E-state index in [1.165, 1.54) is 30.1 Å². The number of esters is 1. The largest absolute Gasteiger partial charge is 0.496 e. The number of ether oxygens (including phenoxy) is 2. The van der Waals surface area contributed by atoms with E-state index >= 15 is 0 Å². The van der Waals surface area contributed by atoms with Crippen molar-refractivity contribution in [2.45, 2.75) is 31.2 Å². The van der Waals surface area contributed by atoms with Gasteiger partial charge >= 0.3 is 12.1 Å². The molecule has 1 aliphatic rings. The lowest BCUT2D eigenvalue weighted by Crippen LogP contribution is -2.43. The van der Waals surface area contributed by atoms with Crippen molar-refractivity contribution in [1.82, 2.24) is 25.2 Å². The Labute approximate surface area is 223 Å². The van der Waals surface area contributed by atoms with Gasteiger partial charge in [-0.15, -0.1) is 5.10 Å². The van der Waals surface area contributed by atoms with E-state index in [0.29, 0.717) is 30.8 Å². The predicted octanol–water partition coefficient (Wildman–Crippen LogP) is 3.74. The van der Waals surface area contributed by atoms with E-state index in [-0.39, 0.29) is 24.2 Å². The topological polar surface area (TPSA) is 98.6 Å². The van der Waals surface area contributed by atoms with Crippen LogP contribution in [-0.4, -0.2) is 65.1 Å². The van der Waals surface area contributed by atoms with E-state index < -0.39 is 23.8 Å². The van der Waals surface area contributed by atoms with Crippen molar-refractivity contribution < 1.29 is 32.2 Å². The quantitative estimate of drug-likeness (QED) is 0.411. The van der Waals surface area contributed by atoms with Crippen molar-refractivity contribution >= 4 is 18.0 Å². The number of nitrogens with zero attached hydrogens (tertiary/aromatic N) is 4. The van der Waals surface area contributed by atoms with Gasteiger partial charge in [0.2, 0.25) is 5.91 Å². The maximum absolute atomic E-state index is 13.2. The molecule has 1 aromatic heterocycles.